The van der Waals surface area contributed by atoms with Gasteiger partial charge in [-0.05, 0) is 54.1 Å². The van der Waals surface area contributed by atoms with Crippen LogP contribution in [0.25, 0.3) is 0 Å². The number of phenols is 1. The van der Waals surface area contributed by atoms with E-state index in [0.29, 0.717) is 16.7 Å². The summed E-state index contributed by atoms with van der Waals surface area (Å²) in [6, 6.07) is 1.62. The van der Waals surface area contributed by atoms with Gasteiger partial charge in [0.05, 0.1) is 17.6 Å². The Morgan fingerprint density at radius 3 is 2.15 bits per heavy atom. The number of hydrogen-bond acceptors (Lipinski definition) is 8. The molecule has 214 valence electrons. The topological polar surface area (TPSA) is 175 Å². The Labute approximate surface area is 228 Å². The molecule has 3 aliphatic rings. The number of hydrogen-bond donors (Lipinski definition) is 5. The number of Topliss-reactive ketones (excluding diaryl/α,β-unsaturated/α-hetero) is 3. The van der Waals surface area contributed by atoms with Gasteiger partial charge in [-0.15, -0.1) is 0 Å². The van der Waals surface area contributed by atoms with E-state index >= 15 is 0 Å². The predicted molar refractivity (Wildman–Crippen MR) is 142 cm³/mol. The second-order valence-electron chi connectivity index (χ2n) is 14.0. The van der Waals surface area contributed by atoms with Crippen LogP contribution in [0, 0.1) is 34.5 Å². The van der Waals surface area contributed by atoms with E-state index in [0.717, 1.165) is 0 Å². The lowest BCUT2D eigenvalue weighted by molar-refractivity contribution is -0.265. The largest absolute Gasteiger partial charge is 0.507 e. The molecule has 1 aromatic carbocycles. The Morgan fingerprint density at radius 2 is 1.69 bits per heavy atom. The molecule has 39 heavy (non-hydrogen) atoms. The molecule has 0 spiro atoms. The highest BCUT2D eigenvalue weighted by Crippen LogP contribution is 2.66. The number of aromatic hydroxyl groups is 1. The first-order valence-corrected chi connectivity index (χ1v) is 13.5. The monoisotopic (exact) mass is 543 g/mol. The summed E-state index contributed by atoms with van der Waals surface area (Å²) in [6.45, 7) is 13.8. The SMILES string of the molecule is CC(=O)c1cc(C(C)(C)C)c(O)c2c1C[C@]1(C)C[C@]3(C)[C@@H](C(C)C)C(O)[C@@H](C(N)=O)C(=O)[C@]3(O)C(O)[C@H]1C2=O. The van der Waals surface area contributed by atoms with E-state index in [2.05, 4.69) is 0 Å². The number of amides is 1. The van der Waals surface area contributed by atoms with Crippen molar-refractivity contribution in [3.8, 4) is 5.75 Å². The van der Waals surface area contributed by atoms with Crippen LogP contribution in [0.2, 0.25) is 0 Å². The molecule has 9 heteroatoms. The van der Waals surface area contributed by atoms with Gasteiger partial charge in [0.15, 0.2) is 23.0 Å². The second-order valence-corrected chi connectivity index (χ2v) is 14.0. The van der Waals surface area contributed by atoms with E-state index in [9.17, 15) is 39.6 Å². The summed E-state index contributed by atoms with van der Waals surface area (Å²) >= 11 is 0. The highest BCUT2D eigenvalue weighted by Gasteiger charge is 2.76. The van der Waals surface area contributed by atoms with Gasteiger partial charge in [0.2, 0.25) is 5.91 Å². The minimum Gasteiger partial charge on any atom is -0.507 e. The fourth-order valence-electron chi connectivity index (χ4n) is 8.49. The number of phenolic OH excluding ortho intramolecular Hbond substituents is 1. The van der Waals surface area contributed by atoms with Gasteiger partial charge in [-0.25, -0.2) is 0 Å². The van der Waals surface area contributed by atoms with Crippen LogP contribution in [0.5, 0.6) is 5.75 Å². The van der Waals surface area contributed by atoms with Crippen molar-refractivity contribution in [2.75, 3.05) is 0 Å². The van der Waals surface area contributed by atoms with Crippen LogP contribution in [-0.2, 0) is 21.4 Å². The average molecular weight is 544 g/mol. The fraction of sp³-hybridized carbons (Fsp3) is 0.667. The van der Waals surface area contributed by atoms with Crippen LogP contribution in [0.1, 0.15) is 93.7 Å². The number of aliphatic hydroxyl groups excluding tert-OH is 2. The van der Waals surface area contributed by atoms with E-state index in [1.165, 1.54) is 6.92 Å². The number of rotatable bonds is 3. The number of ketones is 3. The van der Waals surface area contributed by atoms with Gasteiger partial charge in [0.1, 0.15) is 17.8 Å². The number of fused-ring (bicyclic) bond motifs is 3. The molecule has 8 atom stereocenters. The molecule has 2 saturated carbocycles. The van der Waals surface area contributed by atoms with Crippen LogP contribution >= 0.6 is 0 Å². The zero-order valence-electron chi connectivity index (χ0n) is 24.0. The van der Waals surface area contributed by atoms with E-state index < -0.39 is 69.3 Å². The van der Waals surface area contributed by atoms with Crippen molar-refractivity contribution < 1.29 is 39.6 Å². The zero-order chi connectivity index (χ0) is 29.8. The van der Waals surface area contributed by atoms with Crippen LogP contribution in [0.15, 0.2) is 6.07 Å². The lowest BCUT2D eigenvalue weighted by Crippen LogP contribution is -2.79. The normalized spacial score (nSPS) is 38.2. The second kappa shape index (κ2) is 8.69. The number of aliphatic hydroxyl groups is 3. The van der Waals surface area contributed by atoms with Gasteiger partial charge in [0, 0.05) is 16.5 Å². The fourth-order valence-corrected chi connectivity index (χ4v) is 8.49. The molecule has 0 radical (unpaired) electrons. The molecule has 6 N–H and O–H groups in total. The van der Waals surface area contributed by atoms with Crippen LogP contribution in [-0.4, -0.2) is 61.5 Å². The molecule has 0 bridgehead atoms. The van der Waals surface area contributed by atoms with Crippen molar-refractivity contribution in [2.45, 2.75) is 91.5 Å². The maximum atomic E-state index is 14.3. The lowest BCUT2D eigenvalue weighted by atomic mass is 9.39. The minimum absolute atomic E-state index is 0.0274. The summed E-state index contributed by atoms with van der Waals surface area (Å²) < 4.78 is 0. The molecule has 3 aliphatic carbocycles. The molecule has 0 saturated heterocycles. The third kappa shape index (κ3) is 3.69. The van der Waals surface area contributed by atoms with Crippen molar-refractivity contribution >= 4 is 23.3 Å². The standard InChI is InChI=1S/C30H41NO8/c1-12(2)19-23(35)18(26(31)38)24(36)30(39)25(37)20-22(34)17-15(10-28(20,7)11-29(19,30)8)14(13(3)32)9-16(21(17)33)27(4,5)6/h9,12,18-20,23,25,33,35,37,39H,10-11H2,1-8H3,(H2,31,38)/t18-,19+,20-,23?,25?,28-,29-,30+/m1/s1. The molecular formula is C30H41NO8. The van der Waals surface area contributed by atoms with Crippen molar-refractivity contribution in [3.05, 3.63) is 28.3 Å². The molecule has 1 aromatic rings. The molecule has 4 rings (SSSR count). The van der Waals surface area contributed by atoms with Gasteiger partial charge < -0.3 is 26.2 Å². The molecule has 2 unspecified atom stereocenters. The van der Waals surface area contributed by atoms with Crippen LogP contribution < -0.4 is 5.73 Å². The summed E-state index contributed by atoms with van der Waals surface area (Å²) in [5.41, 5.74) is 0.782. The quantitative estimate of drug-likeness (QED) is 0.284. The zero-order valence-corrected chi connectivity index (χ0v) is 24.0. The summed E-state index contributed by atoms with van der Waals surface area (Å²) in [4.78, 5) is 53.2. The molecule has 0 heterocycles. The maximum Gasteiger partial charge on any atom is 0.230 e. The maximum absolute atomic E-state index is 14.3. The van der Waals surface area contributed by atoms with Crippen LogP contribution in [0.4, 0.5) is 0 Å². The Balaban J connectivity index is 2.02. The molecule has 1 amide bonds. The van der Waals surface area contributed by atoms with E-state index in [1.54, 1.807) is 33.8 Å². The van der Waals surface area contributed by atoms with Crippen molar-refractivity contribution in [2.24, 2.45) is 40.2 Å². The Kier molecular flexibility index (Phi) is 6.54. The third-order valence-electron chi connectivity index (χ3n) is 9.97. The number of carbonyl (C=O) groups is 4. The number of benzene rings is 1. The highest BCUT2D eigenvalue weighted by molar-refractivity contribution is 6.10. The Morgan fingerprint density at radius 1 is 1.13 bits per heavy atom. The first-order chi connectivity index (χ1) is 17.7. The van der Waals surface area contributed by atoms with Gasteiger partial charge in [-0.3, -0.25) is 19.2 Å². The lowest BCUT2D eigenvalue weighted by Gasteiger charge is -2.66. The summed E-state index contributed by atoms with van der Waals surface area (Å²) in [5.74, 6) is -7.72. The summed E-state index contributed by atoms with van der Waals surface area (Å²) in [5, 5.41) is 46.6. The van der Waals surface area contributed by atoms with E-state index in [4.69, 9.17) is 5.73 Å². The third-order valence-corrected chi connectivity index (χ3v) is 9.97. The number of carbonyl (C=O) groups excluding carboxylic acids is 4. The highest BCUT2D eigenvalue weighted by atomic mass is 16.4. The summed E-state index contributed by atoms with van der Waals surface area (Å²) in [6.07, 6.45) is -3.31. The molecule has 0 aliphatic heterocycles. The molecule has 0 aromatic heterocycles. The average Bonchev–Trinajstić information content (AvgIpc) is 2.74. The van der Waals surface area contributed by atoms with Gasteiger partial charge in [0.25, 0.3) is 0 Å². The molecular weight excluding hydrogens is 502 g/mol. The first-order valence-electron chi connectivity index (χ1n) is 13.5. The van der Waals surface area contributed by atoms with Gasteiger partial charge >= 0.3 is 0 Å². The predicted octanol–water partition coefficient (Wildman–Crippen LogP) is 2.07. The van der Waals surface area contributed by atoms with Gasteiger partial charge in [-0.2, -0.15) is 0 Å². The van der Waals surface area contributed by atoms with Crippen molar-refractivity contribution in [3.63, 3.8) is 0 Å². The van der Waals surface area contributed by atoms with E-state index in [-0.39, 0.29) is 35.9 Å². The van der Waals surface area contributed by atoms with Crippen molar-refractivity contribution in [1.29, 1.82) is 0 Å². The van der Waals surface area contributed by atoms with Gasteiger partial charge in [-0.1, -0.05) is 48.5 Å². The van der Waals surface area contributed by atoms with E-state index in [1.807, 2.05) is 20.8 Å². The summed E-state index contributed by atoms with van der Waals surface area (Å²) in [7, 11) is 0. The molecule has 9 nitrogen and oxygen atoms in total. The number of nitrogens with two attached hydrogens (primary N) is 1. The van der Waals surface area contributed by atoms with Crippen LogP contribution in [0.3, 0.4) is 0 Å². The first kappa shape index (κ1) is 29.4. The smallest absolute Gasteiger partial charge is 0.230 e. The van der Waals surface area contributed by atoms with Crippen molar-refractivity contribution in [1.82, 2.24) is 0 Å². The Bertz CT molecular complexity index is 1290. The minimum atomic E-state index is -2.57. The Hall–Kier alpha value is -2.62. The molecule has 2 fully saturated rings. The number of primary amides is 1.